The molecule has 43 heavy (non-hydrogen) atoms. The van der Waals surface area contributed by atoms with E-state index < -0.39 is 29.3 Å². The van der Waals surface area contributed by atoms with Crippen molar-refractivity contribution >= 4 is 34.2 Å². The van der Waals surface area contributed by atoms with Crippen LogP contribution in [-0.4, -0.2) is 29.2 Å². The molecule has 1 unspecified atom stereocenters. The van der Waals surface area contributed by atoms with Gasteiger partial charge in [-0.2, -0.15) is 13.2 Å². The van der Waals surface area contributed by atoms with E-state index in [4.69, 9.17) is 16.3 Å². The first-order valence-corrected chi connectivity index (χ1v) is 13.9. The second kappa shape index (κ2) is 11.2. The van der Waals surface area contributed by atoms with Crippen LogP contribution in [-0.2, 0) is 28.7 Å². The number of aromatic nitrogens is 2. The van der Waals surface area contributed by atoms with E-state index in [1.54, 1.807) is 18.5 Å². The highest BCUT2D eigenvalue weighted by molar-refractivity contribution is 6.32. The summed E-state index contributed by atoms with van der Waals surface area (Å²) in [5, 5.41) is 1.57. The van der Waals surface area contributed by atoms with Crippen LogP contribution in [0.25, 0.3) is 21.9 Å². The van der Waals surface area contributed by atoms with E-state index in [0.717, 1.165) is 34.0 Å². The van der Waals surface area contributed by atoms with Gasteiger partial charge < -0.3 is 9.64 Å². The van der Waals surface area contributed by atoms with Gasteiger partial charge in [0.25, 0.3) is 5.56 Å². The molecule has 1 aliphatic heterocycles. The first-order chi connectivity index (χ1) is 20.7. The van der Waals surface area contributed by atoms with Gasteiger partial charge in [0.15, 0.2) is 6.04 Å². The van der Waals surface area contributed by atoms with E-state index in [1.807, 2.05) is 59.5 Å². The highest BCUT2D eigenvalue weighted by Crippen LogP contribution is 2.44. The van der Waals surface area contributed by atoms with Crippen molar-refractivity contribution in [3.63, 3.8) is 0 Å². The first-order valence-electron chi connectivity index (χ1n) is 13.5. The van der Waals surface area contributed by atoms with E-state index in [9.17, 15) is 22.8 Å². The number of fused-ring (bicyclic) bond motifs is 2. The van der Waals surface area contributed by atoms with Crippen molar-refractivity contribution in [2.75, 3.05) is 18.6 Å². The Morgan fingerprint density at radius 3 is 2.56 bits per heavy atom. The molecule has 0 amide bonds. The molecule has 0 saturated carbocycles. The van der Waals surface area contributed by atoms with Crippen LogP contribution >= 0.6 is 11.6 Å². The molecule has 3 heterocycles. The molecular formula is C33H25ClF3N3O3. The molecule has 1 aliphatic rings. The van der Waals surface area contributed by atoms with Gasteiger partial charge in [0.05, 0.1) is 19.2 Å². The number of rotatable bonds is 6. The Morgan fingerprint density at radius 1 is 1.05 bits per heavy atom. The number of ether oxygens (including phenoxy) is 1. The fourth-order valence-electron chi connectivity index (χ4n) is 5.77. The van der Waals surface area contributed by atoms with Crippen molar-refractivity contribution in [2.24, 2.45) is 0 Å². The summed E-state index contributed by atoms with van der Waals surface area (Å²) >= 11 is 6.84. The molecule has 6 nitrogen and oxygen atoms in total. The second-order valence-electron chi connectivity index (χ2n) is 10.3. The minimum Gasteiger partial charge on any atom is -0.467 e. The lowest BCUT2D eigenvalue weighted by Crippen LogP contribution is -2.30. The Hall–Kier alpha value is -4.63. The number of methoxy groups -OCH3 is 1. The quantitative estimate of drug-likeness (QED) is 0.194. The number of pyridine rings is 2. The summed E-state index contributed by atoms with van der Waals surface area (Å²) in [5.74, 6) is -0.348. The van der Waals surface area contributed by atoms with Gasteiger partial charge in [-0.25, -0.2) is 4.79 Å². The zero-order valence-corrected chi connectivity index (χ0v) is 23.7. The van der Waals surface area contributed by atoms with Gasteiger partial charge in [-0.1, -0.05) is 72.3 Å². The topological polar surface area (TPSA) is 64.4 Å². The fraction of sp³-hybridized carbons (Fsp3) is 0.182. The second-order valence-corrected chi connectivity index (χ2v) is 10.7. The zero-order valence-electron chi connectivity index (χ0n) is 22.9. The van der Waals surface area contributed by atoms with Crippen LogP contribution in [0.4, 0.5) is 19.0 Å². The first kappa shape index (κ1) is 28.5. The van der Waals surface area contributed by atoms with E-state index in [0.29, 0.717) is 23.5 Å². The maximum absolute atomic E-state index is 14.0. The molecule has 0 aliphatic carbocycles. The van der Waals surface area contributed by atoms with Crippen molar-refractivity contribution in [2.45, 2.75) is 25.2 Å². The molecule has 3 aromatic carbocycles. The lowest BCUT2D eigenvalue weighted by molar-refractivity contribution is -0.144. The average molecular weight is 604 g/mol. The number of anilines is 1. The van der Waals surface area contributed by atoms with E-state index in [2.05, 4.69) is 4.98 Å². The zero-order chi connectivity index (χ0) is 30.3. The van der Waals surface area contributed by atoms with Crippen molar-refractivity contribution < 1.29 is 22.7 Å². The van der Waals surface area contributed by atoms with Crippen molar-refractivity contribution in [1.82, 2.24) is 9.55 Å². The molecular weight excluding hydrogens is 579 g/mol. The smallest absolute Gasteiger partial charge is 0.416 e. The van der Waals surface area contributed by atoms with Gasteiger partial charge in [-0.3, -0.25) is 14.3 Å². The monoisotopic (exact) mass is 603 g/mol. The number of esters is 1. The van der Waals surface area contributed by atoms with Crippen LogP contribution in [0.5, 0.6) is 0 Å². The third-order valence-corrected chi connectivity index (χ3v) is 8.13. The summed E-state index contributed by atoms with van der Waals surface area (Å²) in [5.41, 5.74) is 1.14. The molecule has 10 heteroatoms. The lowest BCUT2D eigenvalue weighted by Gasteiger charge is -2.25. The molecule has 218 valence electrons. The van der Waals surface area contributed by atoms with Crippen LogP contribution < -0.4 is 10.5 Å². The third kappa shape index (κ3) is 5.25. The van der Waals surface area contributed by atoms with Crippen molar-refractivity contribution in [3.8, 4) is 11.1 Å². The number of halogens is 4. The lowest BCUT2D eigenvalue weighted by atomic mass is 9.92. The third-order valence-electron chi connectivity index (χ3n) is 7.74. The van der Waals surface area contributed by atoms with Crippen LogP contribution in [0.3, 0.4) is 0 Å². The summed E-state index contributed by atoms with van der Waals surface area (Å²) in [4.78, 5) is 33.0. The highest BCUT2D eigenvalue weighted by atomic mass is 35.5. The Bertz CT molecular complexity index is 1900. The summed E-state index contributed by atoms with van der Waals surface area (Å²) in [6.45, 7) is 0.361. The van der Waals surface area contributed by atoms with E-state index in [1.165, 1.54) is 17.7 Å². The molecule has 0 bridgehead atoms. The SMILES string of the molecule is COC(=O)C1CN(Cc2ccccc2)c2c(-c3cccc(C(F)(F)F)c3)c(Cc3cccc4ccncc34)c(Cl)c(=O)n21. The standard InChI is InChI=1S/C33H25ClF3N3O3/c1-43-32(42)27-19-39(18-20-7-3-2-4-8-20)30-28(23-11-6-12-24(15-23)33(35,36)37)25(29(34)31(41)40(27)30)16-22-10-5-9-21-13-14-38-17-26(21)22/h2-15,17,27H,16,18-19H2,1H3. The molecule has 0 fully saturated rings. The van der Waals surface area contributed by atoms with Gasteiger partial charge in [-0.05, 0) is 45.8 Å². The maximum Gasteiger partial charge on any atom is 0.416 e. The van der Waals surface area contributed by atoms with Gasteiger partial charge in [0.2, 0.25) is 0 Å². The number of carbonyl (C=O) groups is 1. The molecule has 0 saturated heterocycles. The Kier molecular flexibility index (Phi) is 7.43. The summed E-state index contributed by atoms with van der Waals surface area (Å²) in [6.07, 6.45) is -1.09. The van der Waals surface area contributed by atoms with E-state index >= 15 is 0 Å². The maximum atomic E-state index is 14.0. The average Bonchev–Trinajstić information content (AvgIpc) is 3.38. The number of nitrogens with zero attached hydrogens (tertiary/aromatic N) is 3. The molecule has 0 radical (unpaired) electrons. The molecule has 6 rings (SSSR count). The Balaban J connectivity index is 1.66. The van der Waals surface area contributed by atoms with E-state index in [-0.39, 0.29) is 23.6 Å². The Morgan fingerprint density at radius 2 is 1.81 bits per heavy atom. The number of carbonyl (C=O) groups excluding carboxylic acids is 1. The summed E-state index contributed by atoms with van der Waals surface area (Å²) < 4.78 is 48.1. The van der Waals surface area contributed by atoms with Gasteiger partial charge in [0, 0.05) is 36.3 Å². The van der Waals surface area contributed by atoms with Gasteiger partial charge in [-0.15, -0.1) is 0 Å². The summed E-state index contributed by atoms with van der Waals surface area (Å²) in [6, 6.07) is 20.8. The predicted molar refractivity (Wildman–Crippen MR) is 159 cm³/mol. The predicted octanol–water partition coefficient (Wildman–Crippen LogP) is 7.06. The highest BCUT2D eigenvalue weighted by Gasteiger charge is 2.40. The molecule has 0 spiro atoms. The Labute approximate surface area is 249 Å². The fourth-order valence-corrected chi connectivity index (χ4v) is 6.03. The number of alkyl halides is 3. The number of hydrogen-bond acceptors (Lipinski definition) is 5. The van der Waals surface area contributed by atoms with Crippen LogP contribution in [0.15, 0.2) is 96.1 Å². The minimum atomic E-state index is -4.60. The molecule has 0 N–H and O–H groups in total. The van der Waals surface area contributed by atoms with Crippen LogP contribution in [0, 0.1) is 0 Å². The molecule has 1 atom stereocenters. The number of hydrogen-bond donors (Lipinski definition) is 0. The number of benzene rings is 3. The molecule has 5 aromatic rings. The molecule has 2 aromatic heterocycles. The largest absolute Gasteiger partial charge is 0.467 e. The van der Waals surface area contributed by atoms with Gasteiger partial charge >= 0.3 is 12.1 Å². The van der Waals surface area contributed by atoms with Crippen LogP contribution in [0.1, 0.15) is 28.3 Å². The minimum absolute atomic E-state index is 0.0702. The van der Waals surface area contributed by atoms with Gasteiger partial charge in [0.1, 0.15) is 10.8 Å². The van der Waals surface area contributed by atoms with Crippen molar-refractivity contribution in [3.05, 3.63) is 129 Å². The van der Waals surface area contributed by atoms with Crippen LogP contribution in [0.2, 0.25) is 5.02 Å². The van der Waals surface area contributed by atoms with Crippen molar-refractivity contribution in [1.29, 1.82) is 0 Å². The summed E-state index contributed by atoms with van der Waals surface area (Å²) in [7, 11) is 1.23. The normalized spacial score (nSPS) is 14.6.